The third-order valence-corrected chi connectivity index (χ3v) is 4.35. The highest BCUT2D eigenvalue weighted by atomic mass is 16.3. The molecule has 6 heteroatoms. The number of aliphatic hydroxyl groups excluding tert-OH is 1. The lowest BCUT2D eigenvalue weighted by atomic mass is 10.1. The molecule has 2 unspecified atom stereocenters. The number of anilines is 1. The Hall–Kier alpha value is -1.56. The molecule has 0 aromatic carbocycles. The third kappa shape index (κ3) is 1.98. The summed E-state index contributed by atoms with van der Waals surface area (Å²) in [5, 5.41) is 15.0. The maximum absolute atomic E-state index is 10.4. The molecular formula is C14H23N5O. The lowest BCUT2D eigenvalue weighted by molar-refractivity contribution is 0.108. The maximum atomic E-state index is 10.4. The average molecular weight is 277 g/mol. The highest BCUT2D eigenvalue weighted by Gasteiger charge is 2.28. The number of nitrogens with zero attached hydrogens (tertiary/aromatic N) is 4. The zero-order valence-corrected chi connectivity index (χ0v) is 12.2. The average Bonchev–Trinajstić information content (AvgIpc) is 2.82. The first-order valence-corrected chi connectivity index (χ1v) is 7.52. The smallest absolute Gasteiger partial charge is 0.202 e. The number of nitrogens with two attached hydrogens (primary N) is 1. The van der Waals surface area contributed by atoms with E-state index in [0.29, 0.717) is 5.95 Å². The molecule has 1 aliphatic rings. The zero-order valence-electron chi connectivity index (χ0n) is 12.2. The molecule has 1 aliphatic carbocycles. The zero-order chi connectivity index (χ0) is 14.3. The van der Waals surface area contributed by atoms with E-state index in [4.69, 9.17) is 5.73 Å². The number of hydrogen-bond donors (Lipinski definition) is 2. The van der Waals surface area contributed by atoms with Gasteiger partial charge >= 0.3 is 0 Å². The number of nitrogen functional groups attached to an aromatic ring is 1. The molecule has 2 aromatic heterocycles. The van der Waals surface area contributed by atoms with Crippen molar-refractivity contribution in [1.29, 1.82) is 0 Å². The fraction of sp³-hybridized carbons (Fsp3) is 0.714. The molecule has 110 valence electrons. The number of aromatic nitrogens is 4. The minimum absolute atomic E-state index is 0.0175. The molecule has 0 radical (unpaired) electrons. The second-order valence-electron chi connectivity index (χ2n) is 5.69. The van der Waals surface area contributed by atoms with Crippen LogP contribution in [0, 0.1) is 6.92 Å². The van der Waals surface area contributed by atoms with Crippen molar-refractivity contribution in [3.63, 3.8) is 0 Å². The van der Waals surface area contributed by atoms with E-state index in [1.807, 2.05) is 16.2 Å². The van der Waals surface area contributed by atoms with Crippen molar-refractivity contribution in [2.45, 2.75) is 64.6 Å². The van der Waals surface area contributed by atoms with Gasteiger partial charge in [0, 0.05) is 6.54 Å². The fourth-order valence-electron chi connectivity index (χ4n) is 3.32. The quantitative estimate of drug-likeness (QED) is 0.823. The van der Waals surface area contributed by atoms with Gasteiger partial charge in [0.05, 0.1) is 17.8 Å². The molecule has 1 fully saturated rings. The molecule has 1 saturated carbocycles. The summed E-state index contributed by atoms with van der Waals surface area (Å²) in [4.78, 5) is 4.47. The van der Waals surface area contributed by atoms with Crippen LogP contribution in [0.1, 0.15) is 50.8 Å². The van der Waals surface area contributed by atoms with Crippen molar-refractivity contribution >= 4 is 17.1 Å². The Morgan fingerprint density at radius 1 is 1.30 bits per heavy atom. The summed E-state index contributed by atoms with van der Waals surface area (Å²) in [5.74, 6) is 0.494. The second-order valence-corrected chi connectivity index (χ2v) is 5.69. The molecule has 0 aliphatic heterocycles. The van der Waals surface area contributed by atoms with Crippen LogP contribution in [-0.4, -0.2) is 30.5 Å². The van der Waals surface area contributed by atoms with Crippen molar-refractivity contribution in [2.24, 2.45) is 0 Å². The Morgan fingerprint density at radius 3 is 2.80 bits per heavy atom. The lowest BCUT2D eigenvalue weighted by Gasteiger charge is -2.23. The van der Waals surface area contributed by atoms with Crippen LogP contribution in [-0.2, 0) is 6.54 Å². The standard InChI is InChI=1S/C14H23N5O/c1-3-18-13-12(9(2)17-18)16-14(15)19(13)10-7-5-4-6-8-11(10)20/h10-11,20H,3-8H2,1-2H3,(H2,15,16). The second kappa shape index (κ2) is 5.09. The molecule has 2 atom stereocenters. The first kappa shape index (κ1) is 13.4. The van der Waals surface area contributed by atoms with Crippen LogP contribution >= 0.6 is 0 Å². The van der Waals surface area contributed by atoms with E-state index in [0.717, 1.165) is 49.1 Å². The highest BCUT2D eigenvalue weighted by molar-refractivity contribution is 5.77. The van der Waals surface area contributed by atoms with Gasteiger partial charge in [-0.25, -0.2) is 9.67 Å². The number of aliphatic hydroxyl groups is 1. The predicted octanol–water partition coefficient (Wildman–Crippen LogP) is 2.01. The molecule has 0 spiro atoms. The monoisotopic (exact) mass is 277 g/mol. The Bertz CT molecular complexity index is 615. The van der Waals surface area contributed by atoms with E-state index in [2.05, 4.69) is 17.0 Å². The van der Waals surface area contributed by atoms with Crippen molar-refractivity contribution in [3.05, 3.63) is 5.69 Å². The summed E-state index contributed by atoms with van der Waals surface area (Å²) in [6.07, 6.45) is 4.82. The molecule has 0 amide bonds. The molecule has 2 aromatic rings. The molecule has 3 rings (SSSR count). The molecule has 2 heterocycles. The number of imidazole rings is 1. The third-order valence-electron chi connectivity index (χ3n) is 4.35. The molecule has 0 saturated heterocycles. The van der Waals surface area contributed by atoms with E-state index in [9.17, 15) is 5.11 Å². The normalized spacial score (nSPS) is 24.1. The molecule has 3 N–H and O–H groups in total. The van der Waals surface area contributed by atoms with Crippen LogP contribution in [0.25, 0.3) is 11.2 Å². The Labute approximate surface area is 118 Å². The van der Waals surface area contributed by atoms with Gasteiger partial charge in [0.25, 0.3) is 0 Å². The van der Waals surface area contributed by atoms with Crippen LogP contribution in [0.2, 0.25) is 0 Å². The first-order chi connectivity index (χ1) is 9.63. The summed E-state index contributed by atoms with van der Waals surface area (Å²) < 4.78 is 3.94. The summed E-state index contributed by atoms with van der Waals surface area (Å²) in [7, 11) is 0. The van der Waals surface area contributed by atoms with Crippen molar-refractivity contribution in [3.8, 4) is 0 Å². The Morgan fingerprint density at radius 2 is 2.05 bits per heavy atom. The highest BCUT2D eigenvalue weighted by Crippen LogP contribution is 2.33. The van der Waals surface area contributed by atoms with Gasteiger partial charge in [0.2, 0.25) is 5.95 Å². The number of aryl methyl sites for hydroxylation is 2. The van der Waals surface area contributed by atoms with Gasteiger partial charge in [0.15, 0.2) is 5.65 Å². The van der Waals surface area contributed by atoms with E-state index >= 15 is 0 Å². The van der Waals surface area contributed by atoms with Crippen molar-refractivity contribution < 1.29 is 5.11 Å². The number of hydrogen-bond acceptors (Lipinski definition) is 4. The van der Waals surface area contributed by atoms with Crippen LogP contribution in [0.4, 0.5) is 5.95 Å². The van der Waals surface area contributed by atoms with Gasteiger partial charge in [-0.05, 0) is 26.7 Å². The fourth-order valence-corrected chi connectivity index (χ4v) is 3.32. The first-order valence-electron chi connectivity index (χ1n) is 7.52. The van der Waals surface area contributed by atoms with Crippen LogP contribution in [0.3, 0.4) is 0 Å². The Balaban J connectivity index is 2.16. The summed E-state index contributed by atoms with van der Waals surface area (Å²) in [6, 6.07) is 0.0175. The van der Waals surface area contributed by atoms with Gasteiger partial charge in [0.1, 0.15) is 5.52 Å². The van der Waals surface area contributed by atoms with Gasteiger partial charge in [-0.2, -0.15) is 5.10 Å². The number of fused-ring (bicyclic) bond motifs is 1. The number of rotatable bonds is 2. The van der Waals surface area contributed by atoms with Gasteiger partial charge in [-0.15, -0.1) is 0 Å². The van der Waals surface area contributed by atoms with Crippen LogP contribution in [0.5, 0.6) is 0 Å². The van der Waals surface area contributed by atoms with Gasteiger partial charge < -0.3 is 10.8 Å². The Kier molecular flexibility index (Phi) is 3.41. The van der Waals surface area contributed by atoms with E-state index in [1.165, 1.54) is 6.42 Å². The maximum Gasteiger partial charge on any atom is 0.202 e. The molecule has 0 bridgehead atoms. The summed E-state index contributed by atoms with van der Waals surface area (Å²) >= 11 is 0. The molecular weight excluding hydrogens is 254 g/mol. The summed E-state index contributed by atoms with van der Waals surface area (Å²) in [5.41, 5.74) is 8.85. The van der Waals surface area contributed by atoms with E-state index in [-0.39, 0.29) is 12.1 Å². The van der Waals surface area contributed by atoms with Crippen LogP contribution < -0.4 is 5.73 Å². The predicted molar refractivity (Wildman–Crippen MR) is 78.5 cm³/mol. The molecule has 20 heavy (non-hydrogen) atoms. The van der Waals surface area contributed by atoms with Gasteiger partial charge in [-0.1, -0.05) is 19.3 Å². The largest absolute Gasteiger partial charge is 0.391 e. The van der Waals surface area contributed by atoms with Crippen LogP contribution in [0.15, 0.2) is 0 Å². The summed E-state index contributed by atoms with van der Waals surface area (Å²) in [6.45, 7) is 4.79. The minimum Gasteiger partial charge on any atom is -0.391 e. The van der Waals surface area contributed by atoms with E-state index in [1.54, 1.807) is 0 Å². The van der Waals surface area contributed by atoms with Gasteiger partial charge in [-0.3, -0.25) is 4.57 Å². The lowest BCUT2D eigenvalue weighted by Crippen LogP contribution is -2.25. The van der Waals surface area contributed by atoms with E-state index < -0.39 is 0 Å². The van der Waals surface area contributed by atoms with Crippen molar-refractivity contribution in [2.75, 3.05) is 5.73 Å². The van der Waals surface area contributed by atoms with Crippen molar-refractivity contribution in [1.82, 2.24) is 19.3 Å². The molecule has 6 nitrogen and oxygen atoms in total. The SMILES string of the molecule is CCn1nc(C)c2nc(N)n(C3CCCCCC3O)c21. The minimum atomic E-state index is -0.349. The topological polar surface area (TPSA) is 81.9 Å².